The molecule has 8 heteroatoms. The molecule has 0 saturated carbocycles. The Bertz CT molecular complexity index is 1670. The number of benzene rings is 1. The van der Waals surface area contributed by atoms with E-state index in [0.29, 0.717) is 24.3 Å². The van der Waals surface area contributed by atoms with Crippen molar-refractivity contribution < 1.29 is 4.79 Å². The summed E-state index contributed by atoms with van der Waals surface area (Å²) in [6.45, 7) is 1.86. The molecular formula is C27H21N7O. The first-order valence-corrected chi connectivity index (χ1v) is 11.4. The molecule has 5 aromatic heterocycles. The van der Waals surface area contributed by atoms with Crippen LogP contribution in [0.25, 0.3) is 55.8 Å². The minimum atomic E-state index is 0.175. The van der Waals surface area contributed by atoms with Gasteiger partial charge in [-0.15, -0.1) is 0 Å². The van der Waals surface area contributed by atoms with Crippen LogP contribution < -0.4 is 0 Å². The van der Waals surface area contributed by atoms with E-state index >= 15 is 0 Å². The molecule has 0 fully saturated rings. The molecule has 170 valence electrons. The van der Waals surface area contributed by atoms with Gasteiger partial charge in [-0.05, 0) is 24.3 Å². The third-order valence-electron chi connectivity index (χ3n) is 6.06. The standard InChI is InChI=1S/C27H21N7O/c1-2-20(35)12-19-9-8-16(14-29-19)18-11-22-25(33-34-26(22)30-15-18)27-31-23-7-3-6-21(24(23)32-27)17-5-4-10-28-13-17/h3-11,13-15H,2,12H2,1H3,(H,31,32)(H,30,33,34). The van der Waals surface area contributed by atoms with E-state index in [4.69, 9.17) is 4.98 Å². The Kier molecular flexibility index (Phi) is 5.11. The molecule has 6 aromatic rings. The molecule has 1 aromatic carbocycles. The molecule has 35 heavy (non-hydrogen) atoms. The predicted octanol–water partition coefficient (Wildman–Crippen LogP) is 5.15. The fourth-order valence-electron chi connectivity index (χ4n) is 4.17. The topological polar surface area (TPSA) is 113 Å². The summed E-state index contributed by atoms with van der Waals surface area (Å²) < 4.78 is 0. The first-order chi connectivity index (χ1) is 17.2. The number of aromatic nitrogens is 7. The molecular weight excluding hydrogens is 438 g/mol. The van der Waals surface area contributed by atoms with Crippen molar-refractivity contribution in [2.45, 2.75) is 19.8 Å². The van der Waals surface area contributed by atoms with Crippen LogP contribution in [0, 0.1) is 0 Å². The SMILES string of the molecule is CCC(=O)Cc1ccc(-c2cnc3n[nH]c(-c4nc5c(-c6cccnc6)cccc5[nH]4)c3c2)cn1. The van der Waals surface area contributed by atoms with Crippen LogP contribution in [-0.4, -0.2) is 40.9 Å². The van der Waals surface area contributed by atoms with E-state index in [1.807, 2.05) is 61.7 Å². The van der Waals surface area contributed by atoms with Crippen molar-refractivity contribution >= 4 is 27.9 Å². The largest absolute Gasteiger partial charge is 0.337 e. The summed E-state index contributed by atoms with van der Waals surface area (Å²) in [4.78, 5) is 33.3. The smallest absolute Gasteiger partial charge is 0.181 e. The molecule has 0 unspecified atom stereocenters. The van der Waals surface area contributed by atoms with Crippen LogP contribution in [0.4, 0.5) is 0 Å². The van der Waals surface area contributed by atoms with Gasteiger partial charge in [-0.25, -0.2) is 9.97 Å². The van der Waals surface area contributed by atoms with Crippen LogP contribution in [0.3, 0.4) is 0 Å². The summed E-state index contributed by atoms with van der Waals surface area (Å²) in [6.07, 6.45) is 8.02. The first kappa shape index (κ1) is 20.9. The van der Waals surface area contributed by atoms with Crippen LogP contribution in [0.5, 0.6) is 0 Å². The number of hydrogen-bond acceptors (Lipinski definition) is 6. The lowest BCUT2D eigenvalue weighted by molar-refractivity contribution is -0.118. The van der Waals surface area contributed by atoms with Crippen molar-refractivity contribution in [2.24, 2.45) is 0 Å². The fraction of sp³-hybridized carbons (Fsp3) is 0.111. The van der Waals surface area contributed by atoms with Crippen molar-refractivity contribution in [1.82, 2.24) is 35.1 Å². The van der Waals surface area contributed by atoms with Crippen molar-refractivity contribution in [3.8, 4) is 33.8 Å². The molecule has 5 heterocycles. The number of pyridine rings is 3. The molecule has 0 aliphatic carbocycles. The Hall–Kier alpha value is -4.72. The minimum absolute atomic E-state index is 0.175. The number of carbonyl (C=O) groups excluding carboxylic acids is 1. The quantitative estimate of drug-likeness (QED) is 0.356. The van der Waals surface area contributed by atoms with Gasteiger partial charge in [0.15, 0.2) is 11.5 Å². The number of rotatable bonds is 6. The number of para-hydroxylation sites is 1. The molecule has 0 saturated heterocycles. The van der Waals surface area contributed by atoms with Crippen LogP contribution >= 0.6 is 0 Å². The van der Waals surface area contributed by atoms with E-state index in [1.165, 1.54) is 0 Å². The lowest BCUT2D eigenvalue weighted by atomic mass is 10.1. The van der Waals surface area contributed by atoms with Gasteiger partial charge in [0.05, 0.1) is 16.4 Å². The number of carbonyl (C=O) groups is 1. The second-order valence-electron chi connectivity index (χ2n) is 8.33. The zero-order chi connectivity index (χ0) is 23.8. The molecule has 2 N–H and O–H groups in total. The summed E-state index contributed by atoms with van der Waals surface area (Å²) in [5.41, 5.74) is 7.77. The van der Waals surface area contributed by atoms with Gasteiger partial charge in [0.2, 0.25) is 0 Å². The zero-order valence-electron chi connectivity index (χ0n) is 19.0. The maximum atomic E-state index is 11.7. The van der Waals surface area contributed by atoms with Gasteiger partial charge in [-0.2, -0.15) is 5.10 Å². The Labute approximate surface area is 200 Å². The number of aromatic amines is 2. The number of hydrogen-bond donors (Lipinski definition) is 2. The maximum Gasteiger partial charge on any atom is 0.181 e. The highest BCUT2D eigenvalue weighted by Crippen LogP contribution is 2.32. The molecule has 0 radical (unpaired) electrons. The molecule has 0 spiro atoms. The number of nitrogens with one attached hydrogen (secondary N) is 2. The van der Waals surface area contributed by atoms with Crippen molar-refractivity contribution in [2.75, 3.05) is 0 Å². The fourth-order valence-corrected chi connectivity index (χ4v) is 4.17. The van der Waals surface area contributed by atoms with Crippen LogP contribution in [0.15, 0.2) is 73.3 Å². The average Bonchev–Trinajstić information content (AvgIpc) is 3.53. The van der Waals surface area contributed by atoms with E-state index < -0.39 is 0 Å². The molecule has 8 nitrogen and oxygen atoms in total. The van der Waals surface area contributed by atoms with Gasteiger partial charge in [-0.3, -0.25) is 19.9 Å². The highest BCUT2D eigenvalue weighted by molar-refractivity contribution is 5.97. The first-order valence-electron chi connectivity index (χ1n) is 11.4. The number of Topliss-reactive ketones (excluding diaryl/α,β-unsaturated/α-hetero) is 1. The zero-order valence-corrected chi connectivity index (χ0v) is 19.0. The Morgan fingerprint density at radius 3 is 2.66 bits per heavy atom. The predicted molar refractivity (Wildman–Crippen MR) is 134 cm³/mol. The van der Waals surface area contributed by atoms with Gasteiger partial charge in [0, 0.05) is 65.6 Å². The molecule has 6 rings (SSSR count). The lowest BCUT2D eigenvalue weighted by Gasteiger charge is -2.03. The Morgan fingerprint density at radius 2 is 1.86 bits per heavy atom. The Morgan fingerprint density at radius 1 is 0.943 bits per heavy atom. The van der Waals surface area contributed by atoms with Crippen LogP contribution in [-0.2, 0) is 11.2 Å². The summed E-state index contributed by atoms with van der Waals surface area (Å²) in [5.74, 6) is 0.859. The second kappa shape index (κ2) is 8.57. The number of H-pyrrole nitrogens is 2. The lowest BCUT2D eigenvalue weighted by Crippen LogP contribution is -2.02. The highest BCUT2D eigenvalue weighted by Gasteiger charge is 2.16. The summed E-state index contributed by atoms with van der Waals surface area (Å²) in [7, 11) is 0. The summed E-state index contributed by atoms with van der Waals surface area (Å²) >= 11 is 0. The normalized spacial score (nSPS) is 11.3. The third kappa shape index (κ3) is 3.85. The van der Waals surface area contributed by atoms with Gasteiger partial charge < -0.3 is 4.98 Å². The van der Waals surface area contributed by atoms with E-state index in [0.717, 1.165) is 50.1 Å². The Balaban J connectivity index is 1.40. The van der Waals surface area contributed by atoms with Crippen LogP contribution in [0.1, 0.15) is 19.0 Å². The number of nitrogens with zero attached hydrogens (tertiary/aromatic N) is 5. The molecule has 0 aliphatic heterocycles. The van der Waals surface area contributed by atoms with Crippen molar-refractivity contribution in [1.29, 1.82) is 0 Å². The third-order valence-corrected chi connectivity index (χ3v) is 6.06. The number of fused-ring (bicyclic) bond motifs is 2. The molecule has 0 amide bonds. The van der Waals surface area contributed by atoms with Crippen molar-refractivity contribution in [3.05, 3.63) is 79.0 Å². The summed E-state index contributed by atoms with van der Waals surface area (Å²) in [6, 6.07) is 15.9. The molecule has 0 bridgehead atoms. The van der Waals surface area contributed by atoms with E-state index in [-0.39, 0.29) is 5.78 Å². The average molecular weight is 460 g/mol. The number of imidazole rings is 1. The van der Waals surface area contributed by atoms with Crippen molar-refractivity contribution in [3.63, 3.8) is 0 Å². The summed E-state index contributed by atoms with van der Waals surface area (Å²) in [5, 5.41) is 8.33. The molecule has 0 aliphatic rings. The monoisotopic (exact) mass is 459 g/mol. The van der Waals surface area contributed by atoms with E-state index in [9.17, 15) is 4.79 Å². The maximum absolute atomic E-state index is 11.7. The van der Waals surface area contributed by atoms with Gasteiger partial charge in [0.1, 0.15) is 11.5 Å². The van der Waals surface area contributed by atoms with E-state index in [1.54, 1.807) is 18.6 Å². The minimum Gasteiger partial charge on any atom is -0.337 e. The van der Waals surface area contributed by atoms with E-state index in [2.05, 4.69) is 30.1 Å². The number of ketones is 1. The molecule has 0 atom stereocenters. The van der Waals surface area contributed by atoms with Gasteiger partial charge >= 0.3 is 0 Å². The second-order valence-corrected chi connectivity index (χ2v) is 8.33. The van der Waals surface area contributed by atoms with Crippen LogP contribution in [0.2, 0.25) is 0 Å². The highest BCUT2D eigenvalue weighted by atomic mass is 16.1. The van der Waals surface area contributed by atoms with Gasteiger partial charge in [0.25, 0.3) is 0 Å². The van der Waals surface area contributed by atoms with Gasteiger partial charge in [-0.1, -0.05) is 31.2 Å².